The van der Waals surface area contributed by atoms with Gasteiger partial charge < -0.3 is 4.74 Å². The van der Waals surface area contributed by atoms with Crippen molar-refractivity contribution in [3.63, 3.8) is 0 Å². The maximum Gasteiger partial charge on any atom is 0.310 e. The van der Waals surface area contributed by atoms with Gasteiger partial charge >= 0.3 is 5.97 Å². The van der Waals surface area contributed by atoms with Gasteiger partial charge in [0.15, 0.2) is 0 Å². The van der Waals surface area contributed by atoms with E-state index in [1.54, 1.807) is 45.0 Å². The van der Waals surface area contributed by atoms with Crippen LogP contribution in [0.2, 0.25) is 0 Å². The third kappa shape index (κ3) is 4.62. The lowest BCUT2D eigenvalue weighted by Gasteiger charge is -2.19. The van der Waals surface area contributed by atoms with Crippen LogP contribution < -0.4 is 0 Å². The largest absolute Gasteiger partial charge is 0.460 e. The topological polar surface area (TPSA) is 63.0 Å². The average Bonchev–Trinajstić information content (AvgIpc) is 2.45. The fraction of sp³-hybridized carbons (Fsp3) is 0.278. The summed E-state index contributed by atoms with van der Waals surface area (Å²) in [5, 5.41) is 9.32. The molecule has 0 amide bonds. The molecule has 0 aliphatic carbocycles. The summed E-state index contributed by atoms with van der Waals surface area (Å²) in [6.07, 6.45) is 1.43. The molecule has 1 aromatic heterocycles. The molecular formula is C18H17FN2O2. The van der Waals surface area contributed by atoms with Crippen molar-refractivity contribution in [2.24, 2.45) is 0 Å². The van der Waals surface area contributed by atoms with Crippen LogP contribution >= 0.6 is 0 Å². The van der Waals surface area contributed by atoms with Gasteiger partial charge in [-0.2, -0.15) is 9.65 Å². The third-order valence-corrected chi connectivity index (χ3v) is 3.01. The van der Waals surface area contributed by atoms with Gasteiger partial charge in [-0.15, -0.1) is 0 Å². The molecule has 0 saturated carbocycles. The minimum Gasteiger partial charge on any atom is -0.460 e. The normalized spacial score (nSPS) is 10.9. The van der Waals surface area contributed by atoms with Crippen LogP contribution in [-0.2, 0) is 16.0 Å². The second kappa shape index (κ2) is 6.57. The summed E-state index contributed by atoms with van der Waals surface area (Å²) in [6, 6.07) is 10.0. The number of benzene rings is 1. The Kier molecular flexibility index (Phi) is 4.75. The zero-order valence-electron chi connectivity index (χ0n) is 13.3. The van der Waals surface area contributed by atoms with Crippen molar-refractivity contribution in [3.8, 4) is 17.2 Å². The summed E-state index contributed by atoms with van der Waals surface area (Å²) in [7, 11) is 0. The van der Waals surface area contributed by atoms with E-state index in [0.29, 0.717) is 22.3 Å². The molecule has 0 radical (unpaired) electrons. The first-order chi connectivity index (χ1) is 10.8. The number of esters is 1. The molecule has 5 heteroatoms. The van der Waals surface area contributed by atoms with Crippen molar-refractivity contribution in [3.05, 3.63) is 53.6 Å². The van der Waals surface area contributed by atoms with Gasteiger partial charge in [0.05, 0.1) is 18.1 Å². The predicted molar refractivity (Wildman–Crippen MR) is 83.9 cm³/mol. The number of halogens is 1. The van der Waals surface area contributed by atoms with Crippen LogP contribution in [0.3, 0.4) is 0 Å². The van der Waals surface area contributed by atoms with Crippen LogP contribution in [0.1, 0.15) is 31.9 Å². The highest BCUT2D eigenvalue weighted by atomic mass is 19.1. The molecule has 0 saturated heterocycles. The molecular weight excluding hydrogens is 295 g/mol. The van der Waals surface area contributed by atoms with Gasteiger partial charge in [-0.25, -0.2) is 4.98 Å². The van der Waals surface area contributed by atoms with E-state index in [-0.39, 0.29) is 12.4 Å². The second-order valence-corrected chi connectivity index (χ2v) is 6.12. The molecule has 0 N–H and O–H groups in total. The van der Waals surface area contributed by atoms with Crippen molar-refractivity contribution in [1.29, 1.82) is 5.26 Å². The highest BCUT2D eigenvalue weighted by Gasteiger charge is 2.17. The Hall–Kier alpha value is -2.74. The quantitative estimate of drug-likeness (QED) is 0.641. The van der Waals surface area contributed by atoms with Gasteiger partial charge in [-0.1, -0.05) is 12.1 Å². The zero-order valence-corrected chi connectivity index (χ0v) is 13.3. The molecule has 0 atom stereocenters. The molecule has 0 fully saturated rings. The van der Waals surface area contributed by atoms with Crippen LogP contribution in [0, 0.1) is 17.3 Å². The molecule has 4 nitrogen and oxygen atoms in total. The fourth-order valence-electron chi connectivity index (χ4n) is 2.16. The molecule has 0 unspecified atom stereocenters. The molecule has 0 bridgehead atoms. The Balaban J connectivity index is 2.27. The lowest BCUT2D eigenvalue weighted by molar-refractivity contribution is -0.153. The number of pyridine rings is 1. The minimum atomic E-state index is -0.607. The van der Waals surface area contributed by atoms with Gasteiger partial charge in [0.2, 0.25) is 5.95 Å². The Morgan fingerprint density at radius 3 is 2.65 bits per heavy atom. The number of carbonyl (C=O) groups is 1. The van der Waals surface area contributed by atoms with E-state index >= 15 is 0 Å². The Bertz CT molecular complexity index is 773. The molecule has 118 valence electrons. The van der Waals surface area contributed by atoms with Crippen LogP contribution in [0.4, 0.5) is 4.39 Å². The minimum absolute atomic E-state index is 0.0803. The number of hydrogen-bond donors (Lipinski definition) is 0. The number of rotatable bonds is 3. The fourth-order valence-corrected chi connectivity index (χ4v) is 2.16. The molecule has 0 aliphatic rings. The van der Waals surface area contributed by atoms with Crippen molar-refractivity contribution in [1.82, 2.24) is 4.98 Å². The number of nitrogens with zero attached hydrogens (tertiary/aromatic N) is 2. The summed E-state index contributed by atoms with van der Waals surface area (Å²) < 4.78 is 18.5. The summed E-state index contributed by atoms with van der Waals surface area (Å²) >= 11 is 0. The number of ether oxygens (including phenoxy) is 1. The van der Waals surface area contributed by atoms with E-state index in [0.717, 1.165) is 0 Å². The van der Waals surface area contributed by atoms with Crippen molar-refractivity contribution in [2.75, 3.05) is 0 Å². The standard InChI is InChI=1S/C18H17FN2O2/c1-18(2,3)23-17(22)9-12-4-5-15(14(8-12)11-20)13-6-7-21-16(19)10-13/h4-8,10H,9H2,1-3H3. The van der Waals surface area contributed by atoms with Crippen molar-refractivity contribution >= 4 is 5.97 Å². The Labute approximate surface area is 134 Å². The van der Waals surface area contributed by atoms with Crippen LogP contribution in [0.15, 0.2) is 36.5 Å². The van der Waals surface area contributed by atoms with Crippen molar-refractivity contribution in [2.45, 2.75) is 32.8 Å². The van der Waals surface area contributed by atoms with E-state index < -0.39 is 11.5 Å². The molecule has 2 aromatic rings. The summed E-state index contributed by atoms with van der Waals surface area (Å²) in [6.45, 7) is 5.39. The van der Waals surface area contributed by atoms with Gasteiger partial charge in [-0.3, -0.25) is 4.79 Å². The first-order valence-corrected chi connectivity index (χ1v) is 7.15. The summed E-state index contributed by atoms with van der Waals surface area (Å²) in [5.74, 6) is -0.965. The molecule has 2 rings (SSSR count). The SMILES string of the molecule is CC(C)(C)OC(=O)Cc1ccc(-c2ccnc(F)c2)c(C#N)c1. The van der Waals surface area contributed by atoms with E-state index in [1.807, 2.05) is 0 Å². The van der Waals surface area contributed by atoms with Gasteiger partial charge in [0.1, 0.15) is 5.60 Å². The second-order valence-electron chi connectivity index (χ2n) is 6.12. The highest BCUT2D eigenvalue weighted by molar-refractivity contribution is 5.75. The molecule has 1 aromatic carbocycles. The van der Waals surface area contributed by atoms with Gasteiger partial charge in [0, 0.05) is 12.3 Å². The van der Waals surface area contributed by atoms with Gasteiger partial charge in [-0.05, 0) is 49.6 Å². The summed E-state index contributed by atoms with van der Waals surface area (Å²) in [4.78, 5) is 15.4. The number of nitriles is 1. The first-order valence-electron chi connectivity index (χ1n) is 7.15. The predicted octanol–water partition coefficient (Wildman–Crippen LogP) is 3.64. The molecule has 23 heavy (non-hydrogen) atoms. The average molecular weight is 312 g/mol. The third-order valence-electron chi connectivity index (χ3n) is 3.01. The Morgan fingerprint density at radius 1 is 1.30 bits per heavy atom. The number of carbonyl (C=O) groups excluding carboxylic acids is 1. The van der Waals surface area contributed by atoms with Crippen LogP contribution in [0.25, 0.3) is 11.1 Å². The molecule has 0 spiro atoms. The lowest BCUT2D eigenvalue weighted by atomic mass is 9.98. The zero-order chi connectivity index (χ0) is 17.0. The molecule has 0 aliphatic heterocycles. The highest BCUT2D eigenvalue weighted by Crippen LogP contribution is 2.25. The number of hydrogen-bond acceptors (Lipinski definition) is 4. The summed E-state index contributed by atoms with van der Waals surface area (Å²) in [5.41, 5.74) is 1.66. The van der Waals surface area contributed by atoms with E-state index in [1.165, 1.54) is 12.3 Å². The van der Waals surface area contributed by atoms with E-state index in [9.17, 15) is 14.4 Å². The van der Waals surface area contributed by atoms with Crippen LogP contribution in [0.5, 0.6) is 0 Å². The number of aromatic nitrogens is 1. The smallest absolute Gasteiger partial charge is 0.310 e. The van der Waals surface area contributed by atoms with E-state index in [2.05, 4.69) is 11.1 Å². The van der Waals surface area contributed by atoms with Crippen molar-refractivity contribution < 1.29 is 13.9 Å². The monoisotopic (exact) mass is 312 g/mol. The van der Waals surface area contributed by atoms with Gasteiger partial charge in [0.25, 0.3) is 0 Å². The van der Waals surface area contributed by atoms with Crippen LogP contribution in [-0.4, -0.2) is 16.6 Å². The lowest BCUT2D eigenvalue weighted by Crippen LogP contribution is -2.24. The first kappa shape index (κ1) is 16.6. The maximum absolute atomic E-state index is 13.2. The Morgan fingerprint density at radius 2 is 2.04 bits per heavy atom. The maximum atomic E-state index is 13.2. The van der Waals surface area contributed by atoms with E-state index in [4.69, 9.17) is 4.74 Å². The molecule has 1 heterocycles.